The van der Waals surface area contributed by atoms with E-state index in [4.69, 9.17) is 0 Å². The summed E-state index contributed by atoms with van der Waals surface area (Å²) in [5, 5.41) is 10.7. The number of aliphatic imine (C=N–C) groups is 1. The number of nitrogens with one attached hydrogen (secondary N) is 3. The molecule has 2 rings (SSSR count). The van der Waals surface area contributed by atoms with Crippen LogP contribution in [0.25, 0.3) is 0 Å². The second-order valence-corrected chi connectivity index (χ2v) is 9.08. The van der Waals surface area contributed by atoms with Crippen LogP contribution in [0.4, 0.5) is 0 Å². The molecule has 1 heterocycles. The van der Waals surface area contributed by atoms with Gasteiger partial charge in [0.05, 0.1) is 11.4 Å². The molecule has 0 aromatic carbocycles. The minimum Gasteiger partial charge on any atom is -0.357 e. The molecule has 1 aliphatic carbocycles. The number of hydrogen-bond donors (Lipinski definition) is 3. The third-order valence-corrected chi connectivity index (χ3v) is 6.07. The minimum absolute atomic E-state index is 0.0515. The molecular weight excluding hydrogens is 364 g/mol. The number of aromatic nitrogens is 2. The van der Waals surface area contributed by atoms with Crippen LogP contribution in [0.3, 0.4) is 0 Å². The average molecular weight is 399 g/mol. The molecule has 0 amide bonds. The van der Waals surface area contributed by atoms with E-state index in [-0.39, 0.29) is 5.75 Å². The Hall–Kier alpha value is -1.61. The summed E-state index contributed by atoms with van der Waals surface area (Å²) in [7, 11) is -3.23. The van der Waals surface area contributed by atoms with E-state index in [1.807, 2.05) is 25.5 Å². The first-order valence-corrected chi connectivity index (χ1v) is 11.6. The Kier molecular flexibility index (Phi) is 8.56. The van der Waals surface area contributed by atoms with Crippen molar-refractivity contribution in [1.29, 1.82) is 0 Å². The van der Waals surface area contributed by atoms with Gasteiger partial charge in [-0.2, -0.15) is 5.10 Å². The summed E-state index contributed by atoms with van der Waals surface area (Å²) in [5.74, 6) is 1.23. The van der Waals surface area contributed by atoms with Crippen molar-refractivity contribution in [3.63, 3.8) is 0 Å². The molecule has 1 fully saturated rings. The first kappa shape index (κ1) is 21.7. The zero-order chi connectivity index (χ0) is 19.7. The molecule has 1 aliphatic rings. The van der Waals surface area contributed by atoms with Crippen molar-refractivity contribution in [3.8, 4) is 0 Å². The van der Waals surface area contributed by atoms with Gasteiger partial charge in [0.15, 0.2) is 5.96 Å². The largest absolute Gasteiger partial charge is 0.357 e. The van der Waals surface area contributed by atoms with Crippen LogP contribution in [0.15, 0.2) is 11.1 Å². The van der Waals surface area contributed by atoms with Crippen molar-refractivity contribution < 1.29 is 8.42 Å². The molecule has 27 heavy (non-hydrogen) atoms. The lowest BCUT2D eigenvalue weighted by atomic mass is 9.86. The van der Waals surface area contributed by atoms with E-state index in [9.17, 15) is 8.42 Å². The van der Waals surface area contributed by atoms with Crippen LogP contribution >= 0.6 is 0 Å². The SMILES string of the molecule is CCNC(=NCCCn1nc(C)cc1C)NCCS(=O)(=O)NCC1CCC1. The second-order valence-electron chi connectivity index (χ2n) is 7.16. The summed E-state index contributed by atoms with van der Waals surface area (Å²) >= 11 is 0. The normalized spacial score (nSPS) is 15.6. The second kappa shape index (κ2) is 10.7. The van der Waals surface area contributed by atoms with Crippen molar-refractivity contribution in [2.24, 2.45) is 10.9 Å². The van der Waals surface area contributed by atoms with Crippen LogP contribution in [-0.2, 0) is 16.6 Å². The maximum atomic E-state index is 12.0. The molecule has 0 bridgehead atoms. The van der Waals surface area contributed by atoms with Gasteiger partial charge < -0.3 is 10.6 Å². The van der Waals surface area contributed by atoms with Crippen molar-refractivity contribution in [1.82, 2.24) is 25.1 Å². The van der Waals surface area contributed by atoms with Gasteiger partial charge in [-0.25, -0.2) is 13.1 Å². The fourth-order valence-corrected chi connectivity index (χ4v) is 3.98. The van der Waals surface area contributed by atoms with E-state index in [1.165, 1.54) is 6.42 Å². The van der Waals surface area contributed by atoms with E-state index in [1.54, 1.807) is 0 Å². The third-order valence-electron chi connectivity index (χ3n) is 4.73. The van der Waals surface area contributed by atoms with E-state index in [2.05, 4.69) is 31.5 Å². The molecule has 0 saturated heterocycles. The molecule has 154 valence electrons. The van der Waals surface area contributed by atoms with Gasteiger partial charge in [-0.05, 0) is 52.0 Å². The van der Waals surface area contributed by atoms with Crippen LogP contribution in [0.1, 0.15) is 44.0 Å². The summed E-state index contributed by atoms with van der Waals surface area (Å²) < 4.78 is 28.8. The monoisotopic (exact) mass is 398 g/mol. The molecule has 9 heteroatoms. The van der Waals surface area contributed by atoms with Crippen molar-refractivity contribution in [2.45, 2.75) is 53.0 Å². The number of guanidine groups is 1. The average Bonchev–Trinajstić information content (AvgIpc) is 2.87. The first-order valence-electron chi connectivity index (χ1n) is 9.90. The van der Waals surface area contributed by atoms with Crippen LogP contribution in [0.2, 0.25) is 0 Å². The molecule has 1 aromatic heterocycles. The Bertz CT molecular complexity index is 709. The predicted molar refractivity (Wildman–Crippen MR) is 109 cm³/mol. The third kappa shape index (κ3) is 7.88. The Labute approximate surface area is 163 Å². The quantitative estimate of drug-likeness (QED) is 0.295. The van der Waals surface area contributed by atoms with Crippen LogP contribution < -0.4 is 15.4 Å². The molecule has 8 nitrogen and oxygen atoms in total. The summed E-state index contributed by atoms with van der Waals surface area (Å²) in [6.07, 6.45) is 4.36. The van der Waals surface area contributed by atoms with Gasteiger partial charge in [0.25, 0.3) is 0 Å². The van der Waals surface area contributed by atoms with E-state index < -0.39 is 10.0 Å². The highest BCUT2D eigenvalue weighted by atomic mass is 32.2. The molecule has 0 spiro atoms. The summed E-state index contributed by atoms with van der Waals surface area (Å²) in [5.41, 5.74) is 2.18. The lowest BCUT2D eigenvalue weighted by Crippen LogP contribution is -2.42. The predicted octanol–water partition coefficient (Wildman–Crippen LogP) is 1.16. The van der Waals surface area contributed by atoms with E-state index in [0.717, 1.165) is 43.7 Å². The maximum absolute atomic E-state index is 12.0. The fourth-order valence-electron chi connectivity index (χ4n) is 2.97. The molecule has 1 aromatic rings. The van der Waals surface area contributed by atoms with Crippen LogP contribution in [0.5, 0.6) is 0 Å². The number of aryl methyl sites for hydroxylation is 3. The highest BCUT2D eigenvalue weighted by Crippen LogP contribution is 2.25. The summed E-state index contributed by atoms with van der Waals surface area (Å²) in [4.78, 5) is 4.52. The Balaban J connectivity index is 1.69. The molecule has 0 aliphatic heterocycles. The van der Waals surface area contributed by atoms with Crippen molar-refractivity contribution >= 4 is 16.0 Å². The Morgan fingerprint density at radius 1 is 1.33 bits per heavy atom. The van der Waals surface area contributed by atoms with Crippen molar-refractivity contribution in [2.75, 3.05) is 31.9 Å². The van der Waals surface area contributed by atoms with Gasteiger partial charge in [0.1, 0.15) is 0 Å². The standard InChI is InChI=1S/C18H34N6O2S/c1-4-19-18(20-9-6-11-24-16(3)13-15(2)23-24)21-10-12-27(25,26)22-14-17-7-5-8-17/h13,17,22H,4-12,14H2,1-3H3,(H2,19,20,21). The summed E-state index contributed by atoms with van der Waals surface area (Å²) in [6, 6.07) is 2.06. The van der Waals surface area contributed by atoms with Crippen LogP contribution in [-0.4, -0.2) is 56.1 Å². The van der Waals surface area contributed by atoms with Crippen molar-refractivity contribution in [3.05, 3.63) is 17.5 Å². The molecule has 0 atom stereocenters. The zero-order valence-corrected chi connectivity index (χ0v) is 17.6. The lowest BCUT2D eigenvalue weighted by molar-refractivity contribution is 0.316. The topological polar surface area (TPSA) is 100 Å². The lowest BCUT2D eigenvalue weighted by Gasteiger charge is -2.25. The number of rotatable bonds is 11. The number of hydrogen-bond acceptors (Lipinski definition) is 4. The van der Waals surface area contributed by atoms with Gasteiger partial charge in [-0.15, -0.1) is 0 Å². The molecule has 0 unspecified atom stereocenters. The highest BCUT2D eigenvalue weighted by molar-refractivity contribution is 7.89. The van der Waals surface area contributed by atoms with Gasteiger partial charge in [0.2, 0.25) is 10.0 Å². The smallest absolute Gasteiger partial charge is 0.213 e. The Morgan fingerprint density at radius 2 is 2.11 bits per heavy atom. The van der Waals surface area contributed by atoms with Gasteiger partial charge >= 0.3 is 0 Å². The highest BCUT2D eigenvalue weighted by Gasteiger charge is 2.20. The van der Waals surface area contributed by atoms with E-state index in [0.29, 0.717) is 31.5 Å². The minimum atomic E-state index is -3.23. The molecule has 3 N–H and O–H groups in total. The molecular formula is C18H34N6O2S. The van der Waals surface area contributed by atoms with Crippen LogP contribution in [0, 0.1) is 19.8 Å². The summed E-state index contributed by atoms with van der Waals surface area (Å²) in [6.45, 7) is 9.15. The fraction of sp³-hybridized carbons (Fsp3) is 0.778. The molecule has 1 saturated carbocycles. The van der Waals surface area contributed by atoms with Gasteiger partial charge in [-0.1, -0.05) is 6.42 Å². The first-order chi connectivity index (χ1) is 12.9. The maximum Gasteiger partial charge on any atom is 0.213 e. The number of sulfonamides is 1. The van der Waals surface area contributed by atoms with E-state index >= 15 is 0 Å². The van der Waals surface area contributed by atoms with Gasteiger partial charge in [0, 0.05) is 38.4 Å². The van der Waals surface area contributed by atoms with Gasteiger partial charge in [-0.3, -0.25) is 9.67 Å². The molecule has 0 radical (unpaired) electrons. The zero-order valence-electron chi connectivity index (χ0n) is 16.8. The number of nitrogens with zero attached hydrogens (tertiary/aromatic N) is 3. The Morgan fingerprint density at radius 3 is 2.70 bits per heavy atom.